The first-order valence-corrected chi connectivity index (χ1v) is 6.15. The van der Waals surface area contributed by atoms with E-state index >= 15 is 0 Å². The van der Waals surface area contributed by atoms with E-state index in [0.717, 1.165) is 0 Å². The molecule has 0 aromatic carbocycles. The standard InChI is InChI=1S/C15H25N.H2O.Y/c1-12(2)10-15(4,5)14-9-13(3)7-8-16(6)11-14;;/h7-9,11-13H,6,10H2,1-5H3;1H2;. The SMILES string of the molecule is O.[CH2-][N+]1=CC(C(C)(C)CC(C)C)=CC(C)C=C1.[Y]. The molecule has 0 bridgehead atoms. The van der Waals surface area contributed by atoms with E-state index in [1.165, 1.54) is 12.0 Å². The predicted molar refractivity (Wildman–Crippen MR) is 74.9 cm³/mol. The Morgan fingerprint density at radius 3 is 2.44 bits per heavy atom. The van der Waals surface area contributed by atoms with Crippen LogP contribution in [0.4, 0.5) is 0 Å². The Hall–Kier alpha value is 0.0839. The van der Waals surface area contributed by atoms with Crippen molar-refractivity contribution in [2.24, 2.45) is 17.3 Å². The Labute approximate surface area is 137 Å². The topological polar surface area (TPSA) is 34.5 Å². The first kappa shape index (κ1) is 20.4. The maximum absolute atomic E-state index is 3.98. The summed E-state index contributed by atoms with van der Waals surface area (Å²) < 4.78 is 1.91. The smallest absolute Gasteiger partial charge is 0.0725 e. The van der Waals surface area contributed by atoms with Gasteiger partial charge in [-0.1, -0.05) is 46.8 Å². The average Bonchev–Trinajstić information content (AvgIpc) is 2.26. The van der Waals surface area contributed by atoms with Gasteiger partial charge in [-0.2, -0.15) is 0 Å². The molecule has 1 aliphatic heterocycles. The van der Waals surface area contributed by atoms with Crippen LogP contribution >= 0.6 is 0 Å². The second-order valence-electron chi connectivity index (χ2n) is 5.95. The molecule has 18 heavy (non-hydrogen) atoms. The zero-order valence-electron chi connectivity index (χ0n) is 12.4. The molecular weight excluding hydrogens is 299 g/mol. The normalized spacial score (nSPS) is 19.3. The van der Waals surface area contributed by atoms with Gasteiger partial charge in [0.05, 0.1) is 12.4 Å². The number of hydrogen-bond donors (Lipinski definition) is 0. The molecule has 0 amide bonds. The zero-order chi connectivity index (χ0) is 12.3. The first-order chi connectivity index (χ1) is 7.31. The van der Waals surface area contributed by atoms with Gasteiger partial charge in [0.2, 0.25) is 0 Å². The van der Waals surface area contributed by atoms with Gasteiger partial charge in [-0.3, -0.25) is 0 Å². The van der Waals surface area contributed by atoms with Gasteiger partial charge in [0.25, 0.3) is 0 Å². The van der Waals surface area contributed by atoms with Crippen LogP contribution in [0.25, 0.3) is 0 Å². The molecule has 2 N–H and O–H groups in total. The molecule has 1 aliphatic rings. The Morgan fingerprint density at radius 2 is 1.94 bits per heavy atom. The monoisotopic (exact) mass is 326 g/mol. The van der Waals surface area contributed by atoms with Gasteiger partial charge < -0.3 is 10.1 Å². The maximum Gasteiger partial charge on any atom is 0.0725 e. The Kier molecular flexibility index (Phi) is 9.40. The summed E-state index contributed by atoms with van der Waals surface area (Å²) in [6.07, 6.45) is 9.93. The Bertz CT molecular complexity index is 340. The minimum absolute atomic E-state index is 0. The summed E-state index contributed by atoms with van der Waals surface area (Å²) in [5, 5.41) is 0. The van der Waals surface area contributed by atoms with Crippen molar-refractivity contribution in [3.63, 3.8) is 0 Å². The van der Waals surface area contributed by atoms with Gasteiger partial charge in [-0.25, -0.2) is 0 Å². The molecule has 3 heteroatoms. The quantitative estimate of drug-likeness (QED) is 0.564. The molecule has 1 rings (SSSR count). The third-order valence-corrected chi connectivity index (χ3v) is 3.03. The van der Waals surface area contributed by atoms with Gasteiger partial charge in [0.1, 0.15) is 0 Å². The summed E-state index contributed by atoms with van der Waals surface area (Å²) in [7, 11) is 3.98. The molecule has 1 heterocycles. The molecule has 1 unspecified atom stereocenters. The molecule has 0 aliphatic carbocycles. The molecular formula is C15H27NOY. The molecule has 1 radical (unpaired) electrons. The van der Waals surface area contributed by atoms with Crippen LogP contribution in [0.3, 0.4) is 0 Å². The summed E-state index contributed by atoms with van der Waals surface area (Å²) in [5.41, 5.74) is 1.62. The number of nitrogens with zero attached hydrogens (tertiary/aromatic N) is 1. The van der Waals surface area contributed by atoms with E-state index < -0.39 is 0 Å². The third-order valence-electron chi connectivity index (χ3n) is 3.03. The third kappa shape index (κ3) is 6.31. The summed E-state index contributed by atoms with van der Waals surface area (Å²) >= 11 is 0. The van der Waals surface area contributed by atoms with E-state index in [1.807, 2.05) is 10.8 Å². The van der Waals surface area contributed by atoms with Crippen molar-refractivity contribution in [3.05, 3.63) is 31.0 Å². The first-order valence-electron chi connectivity index (χ1n) is 6.15. The molecule has 0 saturated heterocycles. The van der Waals surface area contributed by atoms with E-state index in [4.69, 9.17) is 0 Å². The van der Waals surface area contributed by atoms with Crippen molar-refractivity contribution in [2.45, 2.75) is 41.0 Å². The van der Waals surface area contributed by atoms with Crippen LogP contribution in [0.1, 0.15) is 41.0 Å². The second kappa shape index (κ2) is 8.29. The van der Waals surface area contributed by atoms with Crippen LogP contribution in [0.2, 0.25) is 0 Å². The number of rotatable bonds is 3. The van der Waals surface area contributed by atoms with E-state index in [2.05, 4.69) is 60.0 Å². The fourth-order valence-corrected chi connectivity index (χ4v) is 2.39. The van der Waals surface area contributed by atoms with Crippen molar-refractivity contribution >= 4 is 6.21 Å². The van der Waals surface area contributed by atoms with Crippen LogP contribution in [0, 0.1) is 24.3 Å². The van der Waals surface area contributed by atoms with Crippen LogP contribution in [0.15, 0.2) is 23.9 Å². The summed E-state index contributed by atoms with van der Waals surface area (Å²) in [4.78, 5) is 0. The molecule has 2 nitrogen and oxygen atoms in total. The molecule has 0 aromatic rings. The summed E-state index contributed by atoms with van der Waals surface area (Å²) in [6.45, 7) is 11.4. The van der Waals surface area contributed by atoms with Gasteiger partial charge >= 0.3 is 0 Å². The molecule has 0 aromatic heterocycles. The maximum atomic E-state index is 3.98. The summed E-state index contributed by atoms with van der Waals surface area (Å²) in [5.74, 6) is 1.21. The van der Waals surface area contributed by atoms with Gasteiger partial charge in [0, 0.05) is 39.8 Å². The average molecular weight is 326 g/mol. The minimum atomic E-state index is 0. The fourth-order valence-electron chi connectivity index (χ4n) is 2.39. The van der Waals surface area contributed by atoms with E-state index in [1.54, 1.807) is 0 Å². The van der Waals surface area contributed by atoms with Crippen molar-refractivity contribution in [1.29, 1.82) is 0 Å². The molecule has 101 valence electrons. The Morgan fingerprint density at radius 1 is 1.39 bits per heavy atom. The van der Waals surface area contributed by atoms with E-state index in [0.29, 0.717) is 11.8 Å². The van der Waals surface area contributed by atoms with E-state index in [-0.39, 0.29) is 43.6 Å². The Balaban J connectivity index is 0. The van der Waals surface area contributed by atoms with Crippen molar-refractivity contribution in [3.8, 4) is 0 Å². The fraction of sp³-hybridized carbons (Fsp3) is 0.600. The van der Waals surface area contributed by atoms with Crippen molar-refractivity contribution in [2.75, 3.05) is 0 Å². The second-order valence-corrected chi connectivity index (χ2v) is 5.95. The molecule has 0 saturated carbocycles. The van der Waals surface area contributed by atoms with E-state index in [9.17, 15) is 0 Å². The molecule has 1 atom stereocenters. The minimum Gasteiger partial charge on any atom is -0.412 e. The molecule has 0 spiro atoms. The predicted octanol–water partition coefficient (Wildman–Crippen LogP) is 3.20. The van der Waals surface area contributed by atoms with Gasteiger partial charge in [-0.05, 0) is 29.2 Å². The van der Waals surface area contributed by atoms with Gasteiger partial charge in [0.15, 0.2) is 0 Å². The van der Waals surface area contributed by atoms with Crippen LogP contribution in [0.5, 0.6) is 0 Å². The number of hydrogen-bond acceptors (Lipinski definition) is 0. The van der Waals surface area contributed by atoms with Crippen LogP contribution < -0.4 is 0 Å². The zero-order valence-corrected chi connectivity index (χ0v) is 15.2. The number of allylic oxidation sites excluding steroid dienone is 3. The van der Waals surface area contributed by atoms with Crippen molar-refractivity contribution < 1.29 is 42.8 Å². The largest absolute Gasteiger partial charge is 0.412 e. The molecule has 0 fully saturated rings. The summed E-state index contributed by atoms with van der Waals surface area (Å²) in [6, 6.07) is 0. The van der Waals surface area contributed by atoms with Crippen molar-refractivity contribution in [1.82, 2.24) is 0 Å². The van der Waals surface area contributed by atoms with Gasteiger partial charge in [-0.15, -0.1) is 0 Å². The van der Waals surface area contributed by atoms with Crippen LogP contribution in [-0.4, -0.2) is 16.3 Å². The van der Waals surface area contributed by atoms with Crippen LogP contribution in [-0.2, 0) is 32.7 Å².